The highest BCUT2D eigenvalue weighted by atomic mass is 35.5. The number of pyridine rings is 1. The van der Waals surface area contributed by atoms with Crippen LogP contribution in [0.25, 0.3) is 33.5 Å². The summed E-state index contributed by atoms with van der Waals surface area (Å²) in [6.07, 6.45) is 2.77. The average molecular weight is 522 g/mol. The molecule has 36 heavy (non-hydrogen) atoms. The van der Waals surface area contributed by atoms with E-state index in [0.29, 0.717) is 27.2 Å². The molecule has 1 aliphatic rings. The lowest BCUT2D eigenvalue weighted by atomic mass is 10.1. The largest absolute Gasteiger partial charge is 0.486 e. The number of nitrogens with zero attached hydrogens (tertiary/aromatic N) is 5. The molecular formula is C26H25Cl2N7O. The third kappa shape index (κ3) is 4.25. The first-order valence-electron chi connectivity index (χ1n) is 11.8. The first kappa shape index (κ1) is 23.1. The molecule has 0 saturated carbocycles. The number of hydrogen-bond donors (Lipinski definition) is 2. The molecule has 8 nitrogen and oxygen atoms in total. The summed E-state index contributed by atoms with van der Waals surface area (Å²) in [7, 11) is 2.16. The van der Waals surface area contributed by atoms with Crippen LogP contribution in [-0.4, -0.2) is 63.3 Å². The van der Waals surface area contributed by atoms with Gasteiger partial charge >= 0.3 is 0 Å². The smallest absolute Gasteiger partial charge is 0.159 e. The molecule has 0 aliphatic carbocycles. The minimum Gasteiger partial charge on any atom is -0.486 e. The highest BCUT2D eigenvalue weighted by molar-refractivity contribution is 6.35. The van der Waals surface area contributed by atoms with Crippen molar-refractivity contribution < 1.29 is 4.74 Å². The van der Waals surface area contributed by atoms with Crippen molar-refractivity contribution in [2.75, 3.05) is 38.1 Å². The van der Waals surface area contributed by atoms with Gasteiger partial charge < -0.3 is 19.5 Å². The number of fused-ring (bicyclic) bond motifs is 2. The van der Waals surface area contributed by atoms with Crippen LogP contribution in [0.1, 0.15) is 18.6 Å². The summed E-state index contributed by atoms with van der Waals surface area (Å²) in [6, 6.07) is 12.2. The van der Waals surface area contributed by atoms with Crippen molar-refractivity contribution in [1.29, 1.82) is 0 Å². The molecule has 6 rings (SSSR count). The molecule has 1 saturated heterocycles. The second-order valence-corrected chi connectivity index (χ2v) is 9.95. The molecule has 0 radical (unpaired) electrons. The number of nitrogens with one attached hydrogen (secondary N) is 2. The van der Waals surface area contributed by atoms with Crippen LogP contribution >= 0.6 is 23.2 Å². The van der Waals surface area contributed by atoms with Crippen LogP contribution in [0.15, 0.2) is 48.8 Å². The maximum atomic E-state index is 6.32. The van der Waals surface area contributed by atoms with Gasteiger partial charge in [-0.25, -0.2) is 4.98 Å². The van der Waals surface area contributed by atoms with E-state index >= 15 is 0 Å². The second kappa shape index (κ2) is 9.28. The number of aromatic amines is 2. The molecule has 2 N–H and O–H groups in total. The molecule has 3 aromatic heterocycles. The quantitative estimate of drug-likeness (QED) is 0.308. The average Bonchev–Trinajstić information content (AvgIpc) is 3.47. The van der Waals surface area contributed by atoms with Crippen molar-refractivity contribution in [2.24, 2.45) is 0 Å². The van der Waals surface area contributed by atoms with Gasteiger partial charge in [-0.2, -0.15) is 5.10 Å². The second-order valence-electron chi connectivity index (χ2n) is 9.13. The SMILES string of the molecule is C[C@H](Oc1ccc2[nH]nc(-c3nc4ccc(N5CCN(C)CC5)cc4[nH]3)c2c1)c1c(Cl)cncc1Cl. The van der Waals surface area contributed by atoms with E-state index in [1.165, 1.54) is 5.69 Å². The van der Waals surface area contributed by atoms with Gasteiger partial charge in [0, 0.05) is 55.2 Å². The fraction of sp³-hybridized carbons (Fsp3) is 0.269. The highest BCUT2D eigenvalue weighted by Crippen LogP contribution is 2.35. The molecule has 1 atom stereocenters. The molecule has 2 aromatic carbocycles. The molecule has 184 valence electrons. The summed E-state index contributed by atoms with van der Waals surface area (Å²) in [4.78, 5) is 17.1. The standard InChI is InChI=1S/C26H25Cl2N7O/c1-15(24-19(27)13-29-14-20(24)28)36-17-4-6-21-18(12-17)25(33-32-21)26-30-22-5-3-16(11-23(22)31-26)35-9-7-34(2)8-10-35/h3-6,11-15H,7-10H2,1-2H3,(H,30,31)(H,32,33)/t15-/m0/s1. The van der Waals surface area contributed by atoms with Crippen LogP contribution in [0, 0.1) is 0 Å². The molecule has 0 unspecified atom stereocenters. The number of anilines is 1. The molecule has 0 amide bonds. The topological polar surface area (TPSA) is 86.0 Å². The number of aromatic nitrogens is 5. The zero-order valence-electron chi connectivity index (χ0n) is 19.9. The van der Waals surface area contributed by atoms with Crippen LogP contribution in [0.4, 0.5) is 5.69 Å². The fourth-order valence-electron chi connectivity index (χ4n) is 4.69. The monoisotopic (exact) mass is 521 g/mol. The zero-order chi connectivity index (χ0) is 24.8. The van der Waals surface area contributed by atoms with Crippen LogP contribution in [-0.2, 0) is 0 Å². The Morgan fingerprint density at radius 3 is 2.53 bits per heavy atom. The van der Waals surface area contributed by atoms with Crippen molar-refractivity contribution in [3.05, 3.63) is 64.4 Å². The van der Waals surface area contributed by atoms with Crippen LogP contribution in [0.2, 0.25) is 10.0 Å². The van der Waals surface area contributed by atoms with Gasteiger partial charge in [-0.05, 0) is 50.4 Å². The number of halogens is 2. The third-order valence-electron chi connectivity index (χ3n) is 6.70. The van der Waals surface area contributed by atoms with Crippen molar-refractivity contribution >= 4 is 50.8 Å². The Balaban J connectivity index is 1.30. The minimum atomic E-state index is -0.361. The predicted octanol–water partition coefficient (Wildman–Crippen LogP) is 5.70. The van der Waals surface area contributed by atoms with Gasteiger partial charge in [-0.15, -0.1) is 0 Å². The number of benzene rings is 2. The molecule has 1 fully saturated rings. The van der Waals surface area contributed by atoms with E-state index in [9.17, 15) is 0 Å². The van der Waals surface area contributed by atoms with Crippen molar-refractivity contribution in [3.8, 4) is 17.3 Å². The summed E-state index contributed by atoms with van der Waals surface area (Å²) < 4.78 is 6.20. The molecule has 10 heteroatoms. The first-order valence-corrected chi connectivity index (χ1v) is 12.6. The molecule has 1 aliphatic heterocycles. The number of piperazine rings is 1. The van der Waals surface area contributed by atoms with Gasteiger partial charge in [0.1, 0.15) is 17.5 Å². The Labute approximate surface area is 218 Å². The number of H-pyrrole nitrogens is 2. The molecular weight excluding hydrogens is 497 g/mol. The zero-order valence-corrected chi connectivity index (χ0v) is 21.4. The van der Waals surface area contributed by atoms with Crippen LogP contribution in [0.3, 0.4) is 0 Å². The lowest BCUT2D eigenvalue weighted by molar-refractivity contribution is 0.227. The normalized spacial score (nSPS) is 15.6. The van der Waals surface area contributed by atoms with Gasteiger partial charge in [0.25, 0.3) is 0 Å². The number of rotatable bonds is 5. The van der Waals surface area contributed by atoms with E-state index < -0.39 is 0 Å². The molecule has 5 aromatic rings. The fourth-order valence-corrected chi connectivity index (χ4v) is 5.36. The third-order valence-corrected chi connectivity index (χ3v) is 7.30. The Hall–Kier alpha value is -3.33. The Morgan fingerprint density at radius 1 is 0.972 bits per heavy atom. The summed E-state index contributed by atoms with van der Waals surface area (Å²) >= 11 is 12.6. The van der Waals surface area contributed by atoms with Crippen molar-refractivity contribution in [2.45, 2.75) is 13.0 Å². The molecule has 0 bridgehead atoms. The number of likely N-dealkylation sites (N-methyl/N-ethyl adjacent to an activating group) is 1. The maximum Gasteiger partial charge on any atom is 0.159 e. The first-order chi connectivity index (χ1) is 17.5. The van der Waals surface area contributed by atoms with Crippen LogP contribution in [0.5, 0.6) is 5.75 Å². The number of ether oxygens (including phenoxy) is 1. The van der Waals surface area contributed by atoms with Crippen molar-refractivity contribution in [3.63, 3.8) is 0 Å². The Morgan fingerprint density at radius 2 is 1.75 bits per heavy atom. The van der Waals surface area contributed by atoms with Gasteiger partial charge in [0.2, 0.25) is 0 Å². The lowest BCUT2D eigenvalue weighted by Gasteiger charge is -2.34. The highest BCUT2D eigenvalue weighted by Gasteiger charge is 2.19. The summed E-state index contributed by atoms with van der Waals surface area (Å²) in [5.74, 6) is 1.38. The van der Waals surface area contributed by atoms with Gasteiger partial charge in [-0.3, -0.25) is 10.1 Å². The van der Waals surface area contributed by atoms with E-state index in [1.54, 1.807) is 12.4 Å². The Bertz CT molecular complexity index is 1530. The minimum absolute atomic E-state index is 0.361. The van der Waals surface area contributed by atoms with Gasteiger partial charge in [0.05, 0.1) is 26.6 Å². The van der Waals surface area contributed by atoms with E-state index in [1.807, 2.05) is 25.1 Å². The molecule has 4 heterocycles. The maximum absolute atomic E-state index is 6.32. The summed E-state index contributed by atoms with van der Waals surface area (Å²) in [6.45, 7) is 6.07. The lowest BCUT2D eigenvalue weighted by Crippen LogP contribution is -2.44. The van der Waals surface area contributed by atoms with E-state index in [0.717, 1.165) is 53.8 Å². The Kier molecular flexibility index (Phi) is 5.95. The number of hydrogen-bond acceptors (Lipinski definition) is 6. The van der Waals surface area contributed by atoms with Gasteiger partial charge in [-0.1, -0.05) is 23.2 Å². The predicted molar refractivity (Wildman–Crippen MR) is 144 cm³/mol. The van der Waals surface area contributed by atoms with E-state index in [2.05, 4.69) is 55.2 Å². The number of imidazole rings is 1. The summed E-state index contributed by atoms with van der Waals surface area (Å²) in [5.41, 5.74) is 5.43. The summed E-state index contributed by atoms with van der Waals surface area (Å²) in [5, 5.41) is 9.50. The van der Waals surface area contributed by atoms with E-state index in [-0.39, 0.29) is 6.10 Å². The molecule has 0 spiro atoms. The van der Waals surface area contributed by atoms with E-state index in [4.69, 9.17) is 32.9 Å². The van der Waals surface area contributed by atoms with Crippen LogP contribution < -0.4 is 9.64 Å². The van der Waals surface area contributed by atoms with Crippen molar-refractivity contribution in [1.82, 2.24) is 30.0 Å². The van der Waals surface area contributed by atoms with Gasteiger partial charge in [0.15, 0.2) is 5.82 Å².